The molecule has 134 valence electrons. The lowest BCUT2D eigenvalue weighted by atomic mass is 10.2. The second-order valence-corrected chi connectivity index (χ2v) is 7.28. The first-order valence-corrected chi connectivity index (χ1v) is 9.54. The van der Waals surface area contributed by atoms with Crippen LogP contribution in [0.25, 0.3) is 23.0 Å². The van der Waals surface area contributed by atoms with Crippen molar-refractivity contribution in [2.24, 2.45) is 0 Å². The van der Waals surface area contributed by atoms with E-state index in [4.69, 9.17) is 4.52 Å². The molecule has 4 aromatic rings. The minimum absolute atomic E-state index is 0.166. The SMILES string of the molecule is O=S(=O)(Nc1ccccc1-c1nc(-c2ccccn2)no1)c1ccccc1. The van der Waals surface area contributed by atoms with Gasteiger partial charge in [-0.2, -0.15) is 4.98 Å². The lowest BCUT2D eigenvalue weighted by Gasteiger charge is -2.10. The first kappa shape index (κ1) is 16.9. The van der Waals surface area contributed by atoms with Crippen LogP contribution < -0.4 is 4.72 Å². The highest BCUT2D eigenvalue weighted by molar-refractivity contribution is 7.92. The van der Waals surface area contributed by atoms with E-state index < -0.39 is 10.0 Å². The summed E-state index contributed by atoms with van der Waals surface area (Å²) >= 11 is 0. The summed E-state index contributed by atoms with van der Waals surface area (Å²) < 4.78 is 33.2. The lowest BCUT2D eigenvalue weighted by Crippen LogP contribution is -2.13. The first-order valence-electron chi connectivity index (χ1n) is 8.06. The van der Waals surface area contributed by atoms with Crippen LogP contribution in [0.4, 0.5) is 5.69 Å². The van der Waals surface area contributed by atoms with E-state index in [1.165, 1.54) is 12.1 Å². The van der Waals surface area contributed by atoms with Gasteiger partial charge in [-0.3, -0.25) is 9.71 Å². The zero-order valence-corrected chi connectivity index (χ0v) is 14.8. The lowest BCUT2D eigenvalue weighted by molar-refractivity contribution is 0.432. The highest BCUT2D eigenvalue weighted by Crippen LogP contribution is 2.29. The van der Waals surface area contributed by atoms with E-state index in [0.29, 0.717) is 22.8 Å². The highest BCUT2D eigenvalue weighted by Gasteiger charge is 2.19. The van der Waals surface area contributed by atoms with Gasteiger partial charge >= 0.3 is 0 Å². The van der Waals surface area contributed by atoms with Gasteiger partial charge in [0.25, 0.3) is 15.9 Å². The molecule has 27 heavy (non-hydrogen) atoms. The zero-order chi connectivity index (χ0) is 18.7. The molecule has 8 heteroatoms. The Hall–Kier alpha value is -3.52. The van der Waals surface area contributed by atoms with E-state index >= 15 is 0 Å². The quantitative estimate of drug-likeness (QED) is 0.570. The van der Waals surface area contributed by atoms with Crippen LogP contribution in [0, 0.1) is 0 Å². The number of anilines is 1. The normalized spacial score (nSPS) is 11.3. The molecule has 7 nitrogen and oxygen atoms in total. The summed E-state index contributed by atoms with van der Waals surface area (Å²) in [5.74, 6) is 0.522. The van der Waals surface area contributed by atoms with Crippen molar-refractivity contribution >= 4 is 15.7 Å². The van der Waals surface area contributed by atoms with Crippen LogP contribution in [-0.4, -0.2) is 23.5 Å². The smallest absolute Gasteiger partial charge is 0.261 e. The molecule has 0 aliphatic heterocycles. The van der Waals surface area contributed by atoms with Gasteiger partial charge in [-0.25, -0.2) is 8.42 Å². The molecule has 0 radical (unpaired) electrons. The predicted molar refractivity (Wildman–Crippen MR) is 100 cm³/mol. The molecule has 0 atom stereocenters. The fourth-order valence-corrected chi connectivity index (χ4v) is 3.59. The van der Waals surface area contributed by atoms with Crippen molar-refractivity contribution in [3.05, 3.63) is 79.0 Å². The summed E-state index contributed by atoms with van der Waals surface area (Å²) in [5.41, 5.74) is 1.39. The van der Waals surface area contributed by atoms with Crippen LogP contribution in [-0.2, 0) is 10.0 Å². The number of nitrogens with one attached hydrogen (secondary N) is 1. The second-order valence-electron chi connectivity index (χ2n) is 5.60. The van der Waals surface area contributed by atoms with Crippen molar-refractivity contribution in [1.82, 2.24) is 15.1 Å². The molecule has 0 amide bonds. The molecule has 2 aromatic heterocycles. The summed E-state index contributed by atoms with van der Waals surface area (Å²) in [6.45, 7) is 0. The van der Waals surface area contributed by atoms with Crippen LogP contribution in [0.1, 0.15) is 0 Å². The molecule has 0 fully saturated rings. The minimum atomic E-state index is -3.74. The third-order valence-electron chi connectivity index (χ3n) is 3.78. The number of sulfonamides is 1. The molecule has 0 unspecified atom stereocenters. The van der Waals surface area contributed by atoms with Gasteiger partial charge in [0.1, 0.15) is 5.69 Å². The van der Waals surface area contributed by atoms with Crippen LogP contribution >= 0.6 is 0 Å². The van der Waals surface area contributed by atoms with E-state index in [2.05, 4.69) is 19.8 Å². The Morgan fingerprint density at radius 2 is 1.59 bits per heavy atom. The molecule has 0 spiro atoms. The van der Waals surface area contributed by atoms with Gasteiger partial charge in [-0.05, 0) is 36.4 Å². The Morgan fingerprint density at radius 3 is 2.37 bits per heavy atom. The number of hydrogen-bond acceptors (Lipinski definition) is 6. The third kappa shape index (κ3) is 3.56. The van der Waals surface area contributed by atoms with Crippen molar-refractivity contribution in [1.29, 1.82) is 0 Å². The average molecular weight is 378 g/mol. The van der Waals surface area contributed by atoms with Crippen LogP contribution in [0.3, 0.4) is 0 Å². The van der Waals surface area contributed by atoms with Gasteiger partial charge in [0.05, 0.1) is 16.1 Å². The first-order chi connectivity index (χ1) is 13.1. The van der Waals surface area contributed by atoms with Crippen molar-refractivity contribution in [2.45, 2.75) is 4.90 Å². The van der Waals surface area contributed by atoms with Gasteiger partial charge in [0.15, 0.2) is 0 Å². The maximum Gasteiger partial charge on any atom is 0.261 e. The van der Waals surface area contributed by atoms with E-state index in [9.17, 15) is 8.42 Å². The third-order valence-corrected chi connectivity index (χ3v) is 5.16. The summed E-state index contributed by atoms with van der Waals surface area (Å²) in [7, 11) is -3.74. The fraction of sp³-hybridized carbons (Fsp3) is 0. The summed E-state index contributed by atoms with van der Waals surface area (Å²) in [6, 6.07) is 20.3. The average Bonchev–Trinajstić information content (AvgIpc) is 3.20. The number of aromatic nitrogens is 3. The van der Waals surface area contributed by atoms with Crippen molar-refractivity contribution in [3.8, 4) is 23.0 Å². The number of pyridine rings is 1. The van der Waals surface area contributed by atoms with Crippen LogP contribution in [0.5, 0.6) is 0 Å². The molecular formula is C19H14N4O3S. The van der Waals surface area contributed by atoms with Crippen molar-refractivity contribution in [3.63, 3.8) is 0 Å². The minimum Gasteiger partial charge on any atom is -0.333 e. The number of para-hydroxylation sites is 1. The monoisotopic (exact) mass is 378 g/mol. The van der Waals surface area contributed by atoms with E-state index in [1.807, 2.05) is 6.07 Å². The van der Waals surface area contributed by atoms with E-state index in [1.54, 1.807) is 60.8 Å². The van der Waals surface area contributed by atoms with Gasteiger partial charge < -0.3 is 4.52 Å². The summed E-state index contributed by atoms with van der Waals surface area (Å²) in [5, 5.41) is 3.93. The molecule has 0 saturated carbocycles. The largest absolute Gasteiger partial charge is 0.333 e. The summed E-state index contributed by atoms with van der Waals surface area (Å²) in [6.07, 6.45) is 1.63. The fourth-order valence-electron chi connectivity index (χ4n) is 2.49. The van der Waals surface area contributed by atoms with Gasteiger partial charge in [0.2, 0.25) is 5.82 Å². The van der Waals surface area contributed by atoms with Gasteiger partial charge in [-0.15, -0.1) is 0 Å². The number of hydrogen-bond donors (Lipinski definition) is 1. The van der Waals surface area contributed by atoms with Gasteiger partial charge in [-0.1, -0.05) is 41.6 Å². The van der Waals surface area contributed by atoms with Crippen molar-refractivity contribution < 1.29 is 12.9 Å². The maximum absolute atomic E-state index is 12.6. The Morgan fingerprint density at radius 1 is 0.852 bits per heavy atom. The predicted octanol–water partition coefficient (Wildman–Crippen LogP) is 3.60. The number of nitrogens with zero attached hydrogens (tertiary/aromatic N) is 3. The Kier molecular flexibility index (Phi) is 4.39. The molecule has 0 aliphatic carbocycles. The van der Waals surface area contributed by atoms with Crippen LogP contribution in [0.15, 0.2) is 88.4 Å². The van der Waals surface area contributed by atoms with Crippen LogP contribution in [0.2, 0.25) is 0 Å². The Bertz CT molecular complexity index is 1160. The summed E-state index contributed by atoms with van der Waals surface area (Å²) in [4.78, 5) is 8.69. The number of benzene rings is 2. The molecule has 0 bridgehead atoms. The highest BCUT2D eigenvalue weighted by atomic mass is 32.2. The van der Waals surface area contributed by atoms with Crippen molar-refractivity contribution in [2.75, 3.05) is 4.72 Å². The topological polar surface area (TPSA) is 98.0 Å². The van der Waals surface area contributed by atoms with Gasteiger partial charge in [0, 0.05) is 6.20 Å². The Labute approximate surface area is 155 Å². The molecule has 1 N–H and O–H groups in total. The number of rotatable bonds is 5. The molecule has 4 rings (SSSR count). The van der Waals surface area contributed by atoms with E-state index in [0.717, 1.165) is 0 Å². The molecule has 0 aliphatic rings. The van der Waals surface area contributed by atoms with E-state index in [-0.39, 0.29) is 10.8 Å². The molecule has 2 heterocycles. The molecule has 2 aromatic carbocycles. The zero-order valence-electron chi connectivity index (χ0n) is 14.0. The maximum atomic E-state index is 12.6. The second kappa shape index (κ2) is 7.00. The standard InChI is InChI=1S/C19H14N4O3S/c24-27(25,14-8-2-1-3-9-14)23-16-11-5-4-10-15(16)19-21-18(22-26-19)17-12-6-7-13-20-17/h1-13,23H. The molecule has 0 saturated heterocycles. The Balaban J connectivity index is 1.70. The molecular weight excluding hydrogens is 364 g/mol.